The minimum Gasteiger partial charge on any atom is -0.505 e. The van der Waals surface area contributed by atoms with Crippen molar-refractivity contribution in [3.63, 3.8) is 0 Å². The first-order chi connectivity index (χ1) is 12.8. The molecule has 134 valence electrons. The van der Waals surface area contributed by atoms with E-state index in [9.17, 15) is 5.11 Å². The van der Waals surface area contributed by atoms with Crippen LogP contribution in [-0.2, 0) is 0 Å². The lowest BCUT2D eigenvalue weighted by molar-refractivity contribution is 0.112. The summed E-state index contributed by atoms with van der Waals surface area (Å²) in [5.41, 5.74) is 2.66. The summed E-state index contributed by atoms with van der Waals surface area (Å²) in [4.78, 5) is 13.6. The Balaban J connectivity index is 1.78. The topological polar surface area (TPSA) is 52.5 Å². The second-order valence-electron chi connectivity index (χ2n) is 6.74. The van der Waals surface area contributed by atoms with Crippen molar-refractivity contribution in [2.24, 2.45) is 0 Å². The molecule has 2 aromatic heterocycles. The number of aromatic nitrogens is 2. The molecule has 0 unspecified atom stereocenters. The number of fused-ring (bicyclic) bond motifs is 1. The van der Waals surface area contributed by atoms with Crippen molar-refractivity contribution < 1.29 is 5.11 Å². The molecule has 0 bridgehead atoms. The van der Waals surface area contributed by atoms with E-state index in [1.165, 1.54) is 0 Å². The van der Waals surface area contributed by atoms with Gasteiger partial charge in [-0.2, -0.15) is 0 Å². The summed E-state index contributed by atoms with van der Waals surface area (Å²) < 4.78 is 0. The van der Waals surface area contributed by atoms with Crippen molar-refractivity contribution in [1.29, 1.82) is 0 Å². The van der Waals surface area contributed by atoms with Gasteiger partial charge in [0.25, 0.3) is 0 Å². The van der Waals surface area contributed by atoms with Crippen LogP contribution in [0.15, 0.2) is 55.0 Å². The predicted octanol–water partition coefficient (Wildman–Crippen LogP) is 3.06. The van der Waals surface area contributed by atoms with Crippen LogP contribution in [0.2, 0.25) is 0 Å². The largest absolute Gasteiger partial charge is 0.505 e. The molecule has 4 rings (SSSR count). The van der Waals surface area contributed by atoms with Crippen LogP contribution in [0.25, 0.3) is 10.9 Å². The van der Waals surface area contributed by atoms with E-state index in [0.717, 1.165) is 49.2 Å². The maximum absolute atomic E-state index is 11.0. The fraction of sp³-hybridized carbons (Fsp3) is 0.333. The normalized spacial score (nSPS) is 17.4. The van der Waals surface area contributed by atoms with Crippen molar-refractivity contribution in [1.82, 2.24) is 19.8 Å². The summed E-state index contributed by atoms with van der Waals surface area (Å²) in [6, 6.07) is 12.0. The van der Waals surface area contributed by atoms with Crippen molar-refractivity contribution >= 4 is 10.9 Å². The van der Waals surface area contributed by atoms with Gasteiger partial charge in [0, 0.05) is 55.7 Å². The molecule has 0 saturated carbocycles. The standard InChI is InChI=1S/C21H24N4O/c1-2-24-11-13-25(14-12-24)20(17-6-3-9-22-15-17)18-8-7-16-5-4-10-23-19(16)21(18)26/h3-10,15,20,26H,2,11-14H2,1H3/t20-/m1/s1. The van der Waals surface area contributed by atoms with E-state index >= 15 is 0 Å². The number of nitrogens with zero attached hydrogens (tertiary/aromatic N) is 4. The molecule has 5 heteroatoms. The Bertz CT molecular complexity index is 876. The molecule has 0 aliphatic carbocycles. The summed E-state index contributed by atoms with van der Waals surface area (Å²) in [6.07, 6.45) is 5.42. The van der Waals surface area contributed by atoms with Gasteiger partial charge in [0.2, 0.25) is 0 Å². The maximum Gasteiger partial charge on any atom is 0.146 e. The van der Waals surface area contributed by atoms with Gasteiger partial charge in [-0.05, 0) is 24.2 Å². The SMILES string of the molecule is CCN1CCN([C@H](c2cccnc2)c2ccc3cccnc3c2O)CC1. The summed E-state index contributed by atoms with van der Waals surface area (Å²) in [5.74, 6) is 0.273. The van der Waals surface area contributed by atoms with Gasteiger partial charge in [-0.25, -0.2) is 0 Å². The summed E-state index contributed by atoms with van der Waals surface area (Å²) in [7, 11) is 0. The Labute approximate surface area is 153 Å². The smallest absolute Gasteiger partial charge is 0.146 e. The first-order valence-electron chi connectivity index (χ1n) is 9.21. The molecule has 1 N–H and O–H groups in total. The van der Waals surface area contributed by atoms with Gasteiger partial charge >= 0.3 is 0 Å². The number of hydrogen-bond acceptors (Lipinski definition) is 5. The average Bonchev–Trinajstić information content (AvgIpc) is 2.71. The fourth-order valence-corrected chi connectivity index (χ4v) is 3.83. The third kappa shape index (κ3) is 3.16. The van der Waals surface area contributed by atoms with Gasteiger partial charge in [0.1, 0.15) is 11.3 Å². The third-order valence-corrected chi connectivity index (χ3v) is 5.29. The Morgan fingerprint density at radius 3 is 2.58 bits per heavy atom. The zero-order valence-corrected chi connectivity index (χ0v) is 15.0. The molecule has 1 saturated heterocycles. The molecule has 1 aromatic carbocycles. The molecule has 0 spiro atoms. The Hall–Kier alpha value is -2.50. The Morgan fingerprint density at radius 2 is 1.85 bits per heavy atom. The number of benzene rings is 1. The minimum atomic E-state index is -0.0193. The van der Waals surface area contributed by atoms with Crippen LogP contribution >= 0.6 is 0 Å². The lowest BCUT2D eigenvalue weighted by Crippen LogP contribution is -2.47. The summed E-state index contributed by atoms with van der Waals surface area (Å²) >= 11 is 0. The van der Waals surface area contributed by atoms with Gasteiger partial charge in [-0.15, -0.1) is 0 Å². The van der Waals surface area contributed by atoms with E-state index in [-0.39, 0.29) is 11.8 Å². The van der Waals surface area contributed by atoms with E-state index in [4.69, 9.17) is 0 Å². The van der Waals surface area contributed by atoms with Gasteiger partial charge in [-0.3, -0.25) is 14.9 Å². The highest BCUT2D eigenvalue weighted by atomic mass is 16.3. The van der Waals surface area contributed by atoms with E-state index < -0.39 is 0 Å². The quantitative estimate of drug-likeness (QED) is 0.785. The number of pyridine rings is 2. The predicted molar refractivity (Wildman–Crippen MR) is 103 cm³/mol. The van der Waals surface area contributed by atoms with Crippen molar-refractivity contribution in [3.05, 3.63) is 66.1 Å². The molecule has 3 heterocycles. The van der Waals surface area contributed by atoms with E-state index in [2.05, 4.69) is 32.8 Å². The van der Waals surface area contributed by atoms with E-state index in [0.29, 0.717) is 5.52 Å². The van der Waals surface area contributed by atoms with Crippen LogP contribution in [0, 0.1) is 0 Å². The van der Waals surface area contributed by atoms with Crippen molar-refractivity contribution in [3.8, 4) is 5.75 Å². The van der Waals surface area contributed by atoms with Crippen LogP contribution < -0.4 is 0 Å². The molecule has 1 atom stereocenters. The fourth-order valence-electron chi connectivity index (χ4n) is 3.83. The monoisotopic (exact) mass is 348 g/mol. The number of piperazine rings is 1. The molecule has 1 aliphatic heterocycles. The second-order valence-corrected chi connectivity index (χ2v) is 6.74. The lowest BCUT2D eigenvalue weighted by atomic mass is 9.95. The molecular formula is C21H24N4O. The molecule has 26 heavy (non-hydrogen) atoms. The highest BCUT2D eigenvalue weighted by Crippen LogP contribution is 2.37. The van der Waals surface area contributed by atoms with Crippen LogP contribution in [0.1, 0.15) is 24.1 Å². The lowest BCUT2D eigenvalue weighted by Gasteiger charge is -2.39. The van der Waals surface area contributed by atoms with Gasteiger partial charge in [-0.1, -0.05) is 31.2 Å². The molecular weight excluding hydrogens is 324 g/mol. The average molecular weight is 348 g/mol. The van der Waals surface area contributed by atoms with Crippen LogP contribution in [0.4, 0.5) is 0 Å². The maximum atomic E-state index is 11.0. The van der Waals surface area contributed by atoms with Gasteiger partial charge < -0.3 is 10.0 Å². The second kappa shape index (κ2) is 7.40. The van der Waals surface area contributed by atoms with Gasteiger partial charge in [0.05, 0.1) is 6.04 Å². The first kappa shape index (κ1) is 16.9. The molecule has 3 aromatic rings. The zero-order valence-electron chi connectivity index (χ0n) is 15.0. The number of hydrogen-bond donors (Lipinski definition) is 1. The number of phenols is 1. The molecule has 1 aliphatic rings. The number of phenolic OH excluding ortho intramolecular Hbond substituents is 1. The number of rotatable bonds is 4. The Morgan fingerprint density at radius 1 is 1.04 bits per heavy atom. The summed E-state index contributed by atoms with van der Waals surface area (Å²) in [6.45, 7) is 7.30. The zero-order chi connectivity index (χ0) is 17.9. The first-order valence-corrected chi connectivity index (χ1v) is 9.21. The van der Waals surface area contributed by atoms with Gasteiger partial charge in [0.15, 0.2) is 0 Å². The molecule has 0 amide bonds. The van der Waals surface area contributed by atoms with E-state index in [1.54, 1.807) is 12.4 Å². The molecule has 1 fully saturated rings. The summed E-state index contributed by atoms with van der Waals surface area (Å²) in [5, 5.41) is 11.9. The highest BCUT2D eigenvalue weighted by molar-refractivity contribution is 5.85. The molecule has 5 nitrogen and oxygen atoms in total. The number of likely N-dealkylation sites (N-methyl/N-ethyl adjacent to an activating group) is 1. The van der Waals surface area contributed by atoms with Crippen molar-refractivity contribution in [2.75, 3.05) is 32.7 Å². The number of aromatic hydroxyl groups is 1. The Kier molecular flexibility index (Phi) is 4.82. The van der Waals surface area contributed by atoms with Crippen LogP contribution in [-0.4, -0.2) is 57.6 Å². The van der Waals surface area contributed by atoms with E-state index in [1.807, 2.05) is 36.5 Å². The third-order valence-electron chi connectivity index (χ3n) is 5.29. The van der Waals surface area contributed by atoms with Crippen molar-refractivity contribution in [2.45, 2.75) is 13.0 Å². The molecule has 0 radical (unpaired) electrons. The minimum absolute atomic E-state index is 0.0193. The van der Waals surface area contributed by atoms with Crippen LogP contribution in [0.5, 0.6) is 5.75 Å². The highest BCUT2D eigenvalue weighted by Gasteiger charge is 2.28. The van der Waals surface area contributed by atoms with Crippen LogP contribution in [0.3, 0.4) is 0 Å².